The molecule has 7 heteroatoms. The summed E-state index contributed by atoms with van der Waals surface area (Å²) in [6.45, 7) is 4.06. The second-order valence-corrected chi connectivity index (χ2v) is 6.17. The predicted octanol–water partition coefficient (Wildman–Crippen LogP) is -0.779. The predicted molar refractivity (Wildman–Crippen MR) is 69.4 cm³/mol. The van der Waals surface area contributed by atoms with Crippen LogP contribution in [0.1, 0.15) is 13.3 Å². The van der Waals surface area contributed by atoms with Gasteiger partial charge in [0.1, 0.15) is 0 Å². The summed E-state index contributed by atoms with van der Waals surface area (Å²) in [6, 6.07) is 0. The van der Waals surface area contributed by atoms with Gasteiger partial charge in [0.25, 0.3) is 0 Å². The number of rotatable bonds is 10. The Labute approximate surface area is 105 Å². The van der Waals surface area contributed by atoms with E-state index in [9.17, 15) is 8.42 Å². The lowest BCUT2D eigenvalue weighted by Crippen LogP contribution is -2.40. The Kier molecular flexibility index (Phi) is 8.71. The molecule has 6 nitrogen and oxygen atoms in total. The van der Waals surface area contributed by atoms with Crippen molar-refractivity contribution in [3.63, 3.8) is 0 Å². The van der Waals surface area contributed by atoms with Crippen LogP contribution in [0.5, 0.6) is 0 Å². The number of likely N-dealkylation sites (N-methyl/N-ethyl adjacent to an activating group) is 1. The van der Waals surface area contributed by atoms with Crippen molar-refractivity contribution in [1.29, 1.82) is 0 Å². The Hall–Kier alpha value is -0.210. The van der Waals surface area contributed by atoms with Crippen LogP contribution in [0.2, 0.25) is 0 Å². The topological polar surface area (TPSA) is 84.7 Å². The van der Waals surface area contributed by atoms with Crippen LogP contribution in [0.4, 0.5) is 0 Å². The largest absolute Gasteiger partial charge is 0.379 e. The van der Waals surface area contributed by atoms with Crippen molar-refractivity contribution in [2.75, 3.05) is 46.9 Å². The van der Waals surface area contributed by atoms with Crippen molar-refractivity contribution < 1.29 is 13.2 Å². The first kappa shape index (κ1) is 16.8. The summed E-state index contributed by atoms with van der Waals surface area (Å²) in [4.78, 5) is 2.01. The summed E-state index contributed by atoms with van der Waals surface area (Å²) >= 11 is 0. The molecule has 0 rings (SSSR count). The summed E-state index contributed by atoms with van der Waals surface area (Å²) in [5.74, 6) is 0. The van der Waals surface area contributed by atoms with Crippen molar-refractivity contribution in [1.82, 2.24) is 9.62 Å². The van der Waals surface area contributed by atoms with Crippen LogP contribution in [-0.4, -0.2) is 65.5 Å². The van der Waals surface area contributed by atoms with E-state index in [1.165, 1.54) is 0 Å². The third kappa shape index (κ3) is 7.67. The number of ether oxygens (including phenoxy) is 1. The third-order valence-corrected chi connectivity index (χ3v) is 4.40. The Morgan fingerprint density at radius 1 is 1.35 bits per heavy atom. The Morgan fingerprint density at radius 2 is 2.00 bits per heavy atom. The lowest BCUT2D eigenvalue weighted by molar-refractivity contribution is 0.122. The van der Waals surface area contributed by atoms with Crippen molar-refractivity contribution in [2.24, 2.45) is 5.73 Å². The molecule has 0 aliphatic heterocycles. The van der Waals surface area contributed by atoms with Crippen LogP contribution in [0, 0.1) is 0 Å². The fourth-order valence-electron chi connectivity index (χ4n) is 1.24. The number of sulfonamides is 1. The smallest absolute Gasteiger partial charge is 0.215 e. The van der Waals surface area contributed by atoms with Gasteiger partial charge >= 0.3 is 0 Å². The molecule has 0 amide bonds. The van der Waals surface area contributed by atoms with Crippen molar-refractivity contribution in [3.05, 3.63) is 0 Å². The standard InChI is InChI=1S/C10H25N3O3S/c1-4-10(9-11)17(14,15)12-5-7-16-8-6-13(2)3/h10,12H,4-9,11H2,1-3H3. The van der Waals surface area contributed by atoms with E-state index in [0.29, 0.717) is 26.2 Å². The van der Waals surface area contributed by atoms with Gasteiger partial charge in [0, 0.05) is 19.6 Å². The van der Waals surface area contributed by atoms with Gasteiger partial charge < -0.3 is 15.4 Å². The number of hydrogen-bond donors (Lipinski definition) is 2. The summed E-state index contributed by atoms with van der Waals surface area (Å²) < 4.78 is 31.1. The first-order valence-corrected chi connectivity index (χ1v) is 7.39. The Morgan fingerprint density at radius 3 is 2.47 bits per heavy atom. The molecule has 0 aliphatic rings. The number of hydrogen-bond acceptors (Lipinski definition) is 5. The highest BCUT2D eigenvalue weighted by Crippen LogP contribution is 2.01. The Bertz CT molecular complexity index is 277. The molecule has 104 valence electrons. The van der Waals surface area contributed by atoms with Gasteiger partial charge in [-0.2, -0.15) is 0 Å². The van der Waals surface area contributed by atoms with Crippen molar-refractivity contribution >= 4 is 10.0 Å². The fraction of sp³-hybridized carbons (Fsp3) is 1.00. The van der Waals surface area contributed by atoms with E-state index >= 15 is 0 Å². The molecule has 0 aromatic rings. The number of nitrogens with two attached hydrogens (primary N) is 1. The normalized spacial score (nSPS) is 14.2. The summed E-state index contributed by atoms with van der Waals surface area (Å²) in [5.41, 5.74) is 5.40. The first-order valence-electron chi connectivity index (χ1n) is 5.85. The summed E-state index contributed by atoms with van der Waals surface area (Å²) in [6.07, 6.45) is 0.521. The highest BCUT2D eigenvalue weighted by atomic mass is 32.2. The second-order valence-electron chi connectivity index (χ2n) is 4.12. The molecule has 17 heavy (non-hydrogen) atoms. The molecule has 0 aliphatic carbocycles. The van der Waals surface area contributed by atoms with Crippen LogP contribution >= 0.6 is 0 Å². The zero-order chi connectivity index (χ0) is 13.3. The summed E-state index contributed by atoms with van der Waals surface area (Å²) in [7, 11) is 0.624. The van der Waals surface area contributed by atoms with Crippen molar-refractivity contribution in [2.45, 2.75) is 18.6 Å². The monoisotopic (exact) mass is 267 g/mol. The molecular formula is C10H25N3O3S. The van der Waals surface area contributed by atoms with Crippen molar-refractivity contribution in [3.8, 4) is 0 Å². The van der Waals surface area contributed by atoms with E-state index < -0.39 is 15.3 Å². The van der Waals surface area contributed by atoms with E-state index in [0.717, 1.165) is 6.54 Å². The lowest BCUT2D eigenvalue weighted by atomic mass is 10.3. The number of nitrogens with one attached hydrogen (secondary N) is 1. The van der Waals surface area contributed by atoms with Gasteiger partial charge in [-0.15, -0.1) is 0 Å². The molecule has 1 atom stereocenters. The van der Waals surface area contributed by atoms with Gasteiger partial charge in [-0.25, -0.2) is 13.1 Å². The quantitative estimate of drug-likeness (QED) is 0.507. The average molecular weight is 267 g/mol. The fourth-order valence-corrected chi connectivity index (χ4v) is 2.53. The maximum atomic E-state index is 11.7. The van der Waals surface area contributed by atoms with Gasteiger partial charge in [0.2, 0.25) is 10.0 Å². The molecule has 0 heterocycles. The molecule has 0 aromatic carbocycles. The maximum Gasteiger partial charge on any atom is 0.215 e. The molecular weight excluding hydrogens is 242 g/mol. The van der Waals surface area contributed by atoms with E-state index in [1.807, 2.05) is 25.9 Å². The molecule has 0 saturated carbocycles. The van der Waals surface area contributed by atoms with Crippen LogP contribution < -0.4 is 10.5 Å². The molecule has 0 aromatic heterocycles. The van der Waals surface area contributed by atoms with Crippen LogP contribution in [-0.2, 0) is 14.8 Å². The minimum atomic E-state index is -3.29. The zero-order valence-electron chi connectivity index (χ0n) is 11.0. The molecule has 1 unspecified atom stereocenters. The van der Waals surface area contributed by atoms with Gasteiger partial charge in [-0.3, -0.25) is 0 Å². The van der Waals surface area contributed by atoms with Gasteiger partial charge in [-0.1, -0.05) is 6.92 Å². The average Bonchev–Trinajstić information content (AvgIpc) is 2.24. The minimum absolute atomic E-state index is 0.146. The Balaban J connectivity index is 3.73. The summed E-state index contributed by atoms with van der Waals surface area (Å²) in [5, 5.41) is -0.510. The molecule has 0 fully saturated rings. The molecule has 0 spiro atoms. The van der Waals surface area contributed by atoms with E-state index in [2.05, 4.69) is 4.72 Å². The molecule has 0 radical (unpaired) electrons. The second kappa shape index (κ2) is 8.82. The molecule has 0 saturated heterocycles. The highest BCUT2D eigenvalue weighted by molar-refractivity contribution is 7.90. The van der Waals surface area contributed by atoms with Crippen LogP contribution in [0.3, 0.4) is 0 Å². The lowest BCUT2D eigenvalue weighted by Gasteiger charge is -2.15. The maximum absolute atomic E-state index is 11.7. The van der Waals surface area contributed by atoms with Gasteiger partial charge in [-0.05, 0) is 20.5 Å². The molecule has 0 bridgehead atoms. The third-order valence-electron chi connectivity index (χ3n) is 2.39. The van der Waals surface area contributed by atoms with E-state index in [1.54, 1.807) is 0 Å². The van der Waals surface area contributed by atoms with Crippen LogP contribution in [0.15, 0.2) is 0 Å². The minimum Gasteiger partial charge on any atom is -0.379 e. The first-order chi connectivity index (χ1) is 7.94. The van der Waals surface area contributed by atoms with Gasteiger partial charge in [0.15, 0.2) is 0 Å². The van der Waals surface area contributed by atoms with Crippen LogP contribution in [0.25, 0.3) is 0 Å². The zero-order valence-corrected chi connectivity index (χ0v) is 11.8. The highest BCUT2D eigenvalue weighted by Gasteiger charge is 2.21. The number of nitrogens with zero attached hydrogens (tertiary/aromatic N) is 1. The van der Waals surface area contributed by atoms with Gasteiger partial charge in [0.05, 0.1) is 18.5 Å². The van der Waals surface area contributed by atoms with E-state index in [-0.39, 0.29) is 6.54 Å². The van der Waals surface area contributed by atoms with E-state index in [4.69, 9.17) is 10.5 Å². The SMILES string of the molecule is CCC(CN)S(=O)(=O)NCCOCCN(C)C. The molecule has 3 N–H and O–H groups in total.